The lowest BCUT2D eigenvalue weighted by atomic mass is 9.88. The highest BCUT2D eigenvalue weighted by molar-refractivity contribution is 7.89. The number of hydrogen-bond donors (Lipinski definition) is 1. The largest absolute Gasteiger partial charge is 0.478 e. The van der Waals surface area contributed by atoms with Gasteiger partial charge in [0.15, 0.2) is 5.03 Å². The van der Waals surface area contributed by atoms with Gasteiger partial charge >= 0.3 is 5.97 Å². The first-order chi connectivity index (χ1) is 9.73. The second-order valence-electron chi connectivity index (χ2n) is 5.82. The van der Waals surface area contributed by atoms with Crippen LogP contribution in [0.3, 0.4) is 0 Å². The predicted molar refractivity (Wildman–Crippen MR) is 77.5 cm³/mol. The average molecular weight is 312 g/mol. The zero-order valence-corrected chi connectivity index (χ0v) is 13.2. The van der Waals surface area contributed by atoms with E-state index in [-0.39, 0.29) is 22.5 Å². The van der Waals surface area contributed by atoms with Crippen LogP contribution in [0.2, 0.25) is 0 Å². The van der Waals surface area contributed by atoms with Crippen LogP contribution < -0.4 is 0 Å². The molecule has 0 aromatic carbocycles. The topological polar surface area (TPSA) is 87.6 Å². The molecule has 6 nitrogen and oxygen atoms in total. The second kappa shape index (κ2) is 5.73. The third kappa shape index (κ3) is 3.08. The molecule has 2 heterocycles. The van der Waals surface area contributed by atoms with Gasteiger partial charge in [0.2, 0.25) is 0 Å². The summed E-state index contributed by atoms with van der Waals surface area (Å²) in [5.74, 6) is -0.550. The van der Waals surface area contributed by atoms with E-state index < -0.39 is 16.0 Å². The van der Waals surface area contributed by atoms with Crippen molar-refractivity contribution in [2.24, 2.45) is 11.8 Å². The summed E-state index contributed by atoms with van der Waals surface area (Å²) in [6.07, 6.45) is 2.08. The van der Waals surface area contributed by atoms with Crippen molar-refractivity contribution in [3.63, 3.8) is 0 Å². The molecule has 1 aromatic rings. The third-order valence-electron chi connectivity index (χ3n) is 4.10. The number of piperidine rings is 1. The van der Waals surface area contributed by atoms with Crippen LogP contribution in [0.1, 0.15) is 37.6 Å². The van der Waals surface area contributed by atoms with E-state index in [9.17, 15) is 13.2 Å². The quantitative estimate of drug-likeness (QED) is 0.920. The number of aromatic carboxylic acids is 1. The Balaban J connectivity index is 2.34. The molecule has 0 amide bonds. The van der Waals surface area contributed by atoms with Crippen LogP contribution >= 0.6 is 0 Å². The molecule has 1 aliphatic heterocycles. The second-order valence-corrected chi connectivity index (χ2v) is 7.66. The van der Waals surface area contributed by atoms with Crippen molar-refractivity contribution in [3.05, 3.63) is 23.9 Å². The van der Waals surface area contributed by atoms with Gasteiger partial charge in [-0.2, -0.15) is 4.31 Å². The van der Waals surface area contributed by atoms with Gasteiger partial charge in [-0.15, -0.1) is 0 Å². The Kier molecular flexibility index (Phi) is 4.34. The highest BCUT2D eigenvalue weighted by Gasteiger charge is 2.37. The molecule has 116 valence electrons. The summed E-state index contributed by atoms with van der Waals surface area (Å²) < 4.78 is 26.9. The average Bonchev–Trinajstić information content (AvgIpc) is 2.42. The predicted octanol–water partition coefficient (Wildman–Crippen LogP) is 1.83. The van der Waals surface area contributed by atoms with Gasteiger partial charge < -0.3 is 5.11 Å². The van der Waals surface area contributed by atoms with Crippen molar-refractivity contribution in [3.8, 4) is 0 Å². The van der Waals surface area contributed by atoms with Gasteiger partial charge in [-0.3, -0.25) is 0 Å². The van der Waals surface area contributed by atoms with E-state index >= 15 is 0 Å². The number of carbonyl (C=O) groups is 1. The number of pyridine rings is 1. The molecule has 0 aliphatic carbocycles. The molecule has 2 rings (SSSR count). The summed E-state index contributed by atoms with van der Waals surface area (Å²) in [5, 5.41) is 8.74. The lowest BCUT2D eigenvalue weighted by Crippen LogP contribution is -2.48. The van der Waals surface area contributed by atoms with Gasteiger partial charge in [0.1, 0.15) is 0 Å². The standard InChI is InChI=1S/C14H20N2O4S/c1-9-6-10(2)11(3)16(8-9)21(19,20)13-5-4-12(7-15-13)14(17)18/h4-5,7,9-11H,6,8H2,1-3H3,(H,17,18). The molecule has 0 saturated carbocycles. The van der Waals surface area contributed by atoms with Crippen molar-refractivity contribution in [2.45, 2.75) is 38.3 Å². The summed E-state index contributed by atoms with van der Waals surface area (Å²) in [6.45, 7) is 6.45. The van der Waals surface area contributed by atoms with Crippen molar-refractivity contribution < 1.29 is 18.3 Å². The lowest BCUT2D eigenvalue weighted by molar-refractivity contribution is 0.0696. The maximum atomic E-state index is 12.7. The number of hydrogen-bond acceptors (Lipinski definition) is 4. The molecule has 1 aliphatic rings. The van der Waals surface area contributed by atoms with Crippen molar-refractivity contribution in [1.29, 1.82) is 0 Å². The van der Waals surface area contributed by atoms with Gasteiger partial charge in [0, 0.05) is 18.8 Å². The first kappa shape index (κ1) is 15.9. The first-order valence-corrected chi connectivity index (χ1v) is 8.38. The van der Waals surface area contributed by atoms with Crippen molar-refractivity contribution in [1.82, 2.24) is 9.29 Å². The summed E-state index contributed by atoms with van der Waals surface area (Å²) in [5.41, 5.74) is -0.0256. The SMILES string of the molecule is CC1CC(C)C(C)N(S(=O)(=O)c2ccc(C(=O)O)cn2)C1. The molecule has 21 heavy (non-hydrogen) atoms. The number of aromatic nitrogens is 1. The highest BCUT2D eigenvalue weighted by Crippen LogP contribution is 2.31. The minimum Gasteiger partial charge on any atom is -0.478 e. The molecule has 0 radical (unpaired) electrons. The fourth-order valence-electron chi connectivity index (χ4n) is 2.76. The van der Waals surface area contributed by atoms with E-state index in [0.717, 1.165) is 12.6 Å². The summed E-state index contributed by atoms with van der Waals surface area (Å²) in [4.78, 5) is 14.6. The van der Waals surface area contributed by atoms with E-state index in [1.54, 1.807) is 0 Å². The highest BCUT2D eigenvalue weighted by atomic mass is 32.2. The van der Waals surface area contributed by atoms with E-state index in [0.29, 0.717) is 12.5 Å². The van der Waals surface area contributed by atoms with Crippen LogP contribution in [0, 0.1) is 11.8 Å². The molecule has 7 heteroatoms. The normalized spacial score (nSPS) is 27.5. The van der Waals surface area contributed by atoms with E-state index in [1.807, 2.05) is 20.8 Å². The van der Waals surface area contributed by atoms with E-state index in [4.69, 9.17) is 5.11 Å². The van der Waals surface area contributed by atoms with Crippen molar-refractivity contribution in [2.75, 3.05) is 6.54 Å². The van der Waals surface area contributed by atoms with E-state index in [2.05, 4.69) is 4.98 Å². The Labute approximate surface area is 124 Å². The molecular formula is C14H20N2O4S. The zero-order valence-electron chi connectivity index (χ0n) is 12.4. The molecule has 1 aromatic heterocycles. The van der Waals surface area contributed by atoms with Crippen LogP contribution in [0.5, 0.6) is 0 Å². The van der Waals surface area contributed by atoms with Crippen LogP contribution in [-0.2, 0) is 10.0 Å². The smallest absolute Gasteiger partial charge is 0.337 e. The van der Waals surface area contributed by atoms with Crippen LogP contribution in [0.15, 0.2) is 23.4 Å². The summed E-state index contributed by atoms with van der Waals surface area (Å²) in [6, 6.07) is 2.44. The van der Waals surface area contributed by atoms with Gasteiger partial charge in [0.25, 0.3) is 10.0 Å². The fourth-order valence-corrected chi connectivity index (χ4v) is 4.52. The minimum atomic E-state index is -3.69. The van der Waals surface area contributed by atoms with Gasteiger partial charge in [-0.05, 0) is 37.3 Å². The Hall–Kier alpha value is -1.47. The number of sulfonamides is 1. The Morgan fingerprint density at radius 2 is 2.00 bits per heavy atom. The molecular weight excluding hydrogens is 292 g/mol. The van der Waals surface area contributed by atoms with E-state index in [1.165, 1.54) is 16.4 Å². The lowest BCUT2D eigenvalue weighted by Gasteiger charge is -2.39. The van der Waals surface area contributed by atoms with Crippen molar-refractivity contribution >= 4 is 16.0 Å². The number of nitrogens with zero attached hydrogens (tertiary/aromatic N) is 2. The maximum absolute atomic E-state index is 12.7. The van der Waals surface area contributed by atoms with Gasteiger partial charge in [-0.25, -0.2) is 18.2 Å². The monoisotopic (exact) mass is 312 g/mol. The summed E-state index contributed by atoms with van der Waals surface area (Å²) >= 11 is 0. The molecule has 1 saturated heterocycles. The molecule has 0 bridgehead atoms. The molecule has 0 spiro atoms. The number of carboxylic acid groups (broad SMARTS) is 1. The number of carboxylic acids is 1. The zero-order chi connectivity index (χ0) is 15.8. The minimum absolute atomic E-state index is 0.0256. The fraction of sp³-hybridized carbons (Fsp3) is 0.571. The maximum Gasteiger partial charge on any atom is 0.337 e. The number of rotatable bonds is 3. The molecule has 1 fully saturated rings. The third-order valence-corrected chi connectivity index (χ3v) is 5.97. The summed E-state index contributed by atoms with van der Waals surface area (Å²) in [7, 11) is -3.69. The molecule has 1 N–H and O–H groups in total. The molecule has 3 unspecified atom stereocenters. The Morgan fingerprint density at radius 3 is 2.52 bits per heavy atom. The molecule has 3 atom stereocenters. The first-order valence-electron chi connectivity index (χ1n) is 6.94. The Morgan fingerprint density at radius 1 is 1.33 bits per heavy atom. The Bertz CT molecular complexity index is 627. The van der Waals surface area contributed by atoms with Gasteiger partial charge in [0.05, 0.1) is 5.56 Å². The van der Waals surface area contributed by atoms with Crippen LogP contribution in [0.25, 0.3) is 0 Å². The van der Waals surface area contributed by atoms with Crippen LogP contribution in [-0.4, -0.2) is 41.4 Å². The van der Waals surface area contributed by atoms with Crippen LogP contribution in [0.4, 0.5) is 0 Å². The van der Waals surface area contributed by atoms with Gasteiger partial charge in [-0.1, -0.05) is 13.8 Å².